The Labute approximate surface area is 232 Å². The maximum Gasteiger partial charge on any atom is 0.269 e. The average molecular weight is 534 g/mol. The SMILES string of the molecule is CCn1c2ccccc2c2cc(/C=N/N=C/C3=C(N4CCOCC4)C(=C/c4ccc([N+](=O)[O-])cc4)/CC3)ccc21. The van der Waals surface area contributed by atoms with Crippen molar-refractivity contribution in [2.75, 3.05) is 26.3 Å². The first-order chi connectivity index (χ1) is 19.6. The van der Waals surface area contributed by atoms with Gasteiger partial charge in [0.25, 0.3) is 5.69 Å². The molecule has 0 unspecified atom stereocenters. The molecule has 8 heteroatoms. The van der Waals surface area contributed by atoms with Gasteiger partial charge in [0.1, 0.15) is 0 Å². The zero-order chi connectivity index (χ0) is 27.5. The minimum absolute atomic E-state index is 0.0958. The highest BCUT2D eigenvalue weighted by Crippen LogP contribution is 2.35. The summed E-state index contributed by atoms with van der Waals surface area (Å²) < 4.78 is 7.93. The number of hydrogen-bond acceptors (Lipinski definition) is 6. The van der Waals surface area contributed by atoms with Crippen molar-refractivity contribution in [1.29, 1.82) is 0 Å². The molecule has 40 heavy (non-hydrogen) atoms. The van der Waals surface area contributed by atoms with Crippen molar-refractivity contribution in [3.8, 4) is 0 Å². The number of nitrogens with zero attached hydrogens (tertiary/aromatic N) is 5. The maximum absolute atomic E-state index is 11.0. The van der Waals surface area contributed by atoms with Gasteiger partial charge < -0.3 is 14.2 Å². The fourth-order valence-electron chi connectivity index (χ4n) is 5.76. The molecular formula is C32H31N5O3. The third-order valence-electron chi connectivity index (χ3n) is 7.64. The van der Waals surface area contributed by atoms with Gasteiger partial charge in [-0.1, -0.05) is 24.3 Å². The van der Waals surface area contributed by atoms with Crippen LogP contribution in [-0.2, 0) is 11.3 Å². The lowest BCUT2D eigenvalue weighted by Gasteiger charge is -2.31. The van der Waals surface area contributed by atoms with Crippen LogP contribution < -0.4 is 0 Å². The van der Waals surface area contributed by atoms with E-state index in [1.807, 2.05) is 12.4 Å². The van der Waals surface area contributed by atoms with Crippen molar-refractivity contribution in [1.82, 2.24) is 9.47 Å². The van der Waals surface area contributed by atoms with Gasteiger partial charge in [-0.25, -0.2) is 0 Å². The Morgan fingerprint density at radius 2 is 1.62 bits per heavy atom. The standard InChI is InChI=1S/C32H31N5O3/c1-2-36-30-6-4-3-5-28(30)29-20-24(9-14-31(29)36)21-33-34-22-26-11-10-25(32(26)35-15-17-40-18-16-35)19-23-7-12-27(13-8-23)37(38)39/h3-9,12-14,19-22H,2,10-11,15-18H2,1H3/b25-19+,33-21+,34-22+. The van der Waals surface area contributed by atoms with Crippen molar-refractivity contribution in [2.24, 2.45) is 10.2 Å². The van der Waals surface area contributed by atoms with E-state index in [1.54, 1.807) is 24.3 Å². The number of benzene rings is 3. The van der Waals surface area contributed by atoms with Crippen LogP contribution in [0, 0.1) is 10.1 Å². The monoisotopic (exact) mass is 533 g/mol. The number of nitro groups is 1. The lowest BCUT2D eigenvalue weighted by Crippen LogP contribution is -2.36. The molecule has 1 aliphatic carbocycles. The first-order valence-electron chi connectivity index (χ1n) is 13.7. The largest absolute Gasteiger partial charge is 0.378 e. The predicted molar refractivity (Wildman–Crippen MR) is 161 cm³/mol. The van der Waals surface area contributed by atoms with Gasteiger partial charge in [-0.05, 0) is 78.4 Å². The lowest BCUT2D eigenvalue weighted by molar-refractivity contribution is -0.384. The smallest absolute Gasteiger partial charge is 0.269 e. The summed E-state index contributed by atoms with van der Waals surface area (Å²) in [7, 11) is 0. The van der Waals surface area contributed by atoms with E-state index in [4.69, 9.17) is 4.74 Å². The summed E-state index contributed by atoms with van der Waals surface area (Å²) in [5.74, 6) is 0. The Bertz CT molecular complexity index is 1690. The third-order valence-corrected chi connectivity index (χ3v) is 7.64. The second kappa shape index (κ2) is 11.3. The molecule has 1 fully saturated rings. The highest BCUT2D eigenvalue weighted by molar-refractivity contribution is 6.09. The molecule has 2 heterocycles. The van der Waals surface area contributed by atoms with Gasteiger partial charge in [-0.2, -0.15) is 10.2 Å². The number of aryl methyl sites for hydroxylation is 1. The van der Waals surface area contributed by atoms with E-state index < -0.39 is 0 Å². The summed E-state index contributed by atoms with van der Waals surface area (Å²) in [5.41, 5.74) is 8.05. The molecule has 202 valence electrons. The Balaban J connectivity index is 1.27. The molecule has 1 aliphatic heterocycles. The van der Waals surface area contributed by atoms with E-state index in [2.05, 4.69) is 75.1 Å². The molecule has 0 bridgehead atoms. The minimum atomic E-state index is -0.373. The number of fused-ring (bicyclic) bond motifs is 3. The number of non-ortho nitro benzene ring substituents is 1. The van der Waals surface area contributed by atoms with Crippen LogP contribution >= 0.6 is 0 Å². The van der Waals surface area contributed by atoms with E-state index in [-0.39, 0.29) is 10.6 Å². The Kier molecular flexibility index (Phi) is 7.25. The lowest BCUT2D eigenvalue weighted by atomic mass is 10.1. The van der Waals surface area contributed by atoms with Gasteiger partial charge in [0.05, 0.1) is 30.6 Å². The van der Waals surface area contributed by atoms with Crippen molar-refractivity contribution in [3.05, 3.63) is 105 Å². The molecule has 0 radical (unpaired) electrons. The van der Waals surface area contributed by atoms with Gasteiger partial charge in [0.2, 0.25) is 0 Å². The first kappa shape index (κ1) is 25.7. The van der Waals surface area contributed by atoms with E-state index in [1.165, 1.54) is 33.1 Å². The molecular weight excluding hydrogens is 502 g/mol. The number of rotatable bonds is 7. The van der Waals surface area contributed by atoms with Crippen LogP contribution in [0.5, 0.6) is 0 Å². The summed E-state index contributed by atoms with van der Waals surface area (Å²) in [6, 6.07) is 21.6. The van der Waals surface area contributed by atoms with Crippen molar-refractivity contribution < 1.29 is 9.66 Å². The number of aromatic nitrogens is 1. The van der Waals surface area contributed by atoms with Crippen LogP contribution in [0.1, 0.15) is 30.9 Å². The van der Waals surface area contributed by atoms with Gasteiger partial charge in [-0.3, -0.25) is 10.1 Å². The summed E-state index contributed by atoms with van der Waals surface area (Å²) in [5, 5.41) is 22.4. The van der Waals surface area contributed by atoms with Crippen molar-refractivity contribution in [3.63, 3.8) is 0 Å². The first-order valence-corrected chi connectivity index (χ1v) is 13.7. The molecule has 1 saturated heterocycles. The zero-order valence-electron chi connectivity index (χ0n) is 22.5. The topological polar surface area (TPSA) is 85.3 Å². The number of allylic oxidation sites excluding steroid dienone is 2. The molecule has 8 nitrogen and oxygen atoms in total. The molecule has 0 atom stereocenters. The molecule has 4 aromatic rings. The summed E-state index contributed by atoms with van der Waals surface area (Å²) in [6.07, 6.45) is 7.56. The molecule has 0 spiro atoms. The number of morpholine rings is 1. The molecule has 1 aromatic heterocycles. The fourth-order valence-corrected chi connectivity index (χ4v) is 5.76. The highest BCUT2D eigenvalue weighted by Gasteiger charge is 2.25. The van der Waals surface area contributed by atoms with E-state index in [9.17, 15) is 10.1 Å². The number of hydrogen-bond donors (Lipinski definition) is 0. The second-order valence-electron chi connectivity index (χ2n) is 10.0. The van der Waals surface area contributed by atoms with E-state index in [0.29, 0.717) is 13.2 Å². The maximum atomic E-state index is 11.0. The average Bonchev–Trinajstić information content (AvgIpc) is 3.54. The van der Waals surface area contributed by atoms with Crippen LogP contribution in [0.25, 0.3) is 27.9 Å². The minimum Gasteiger partial charge on any atom is -0.378 e. The van der Waals surface area contributed by atoms with Gasteiger partial charge in [0.15, 0.2) is 0 Å². The van der Waals surface area contributed by atoms with Crippen LogP contribution in [0.3, 0.4) is 0 Å². The molecule has 3 aromatic carbocycles. The van der Waals surface area contributed by atoms with Gasteiger partial charge in [-0.15, -0.1) is 0 Å². The van der Waals surface area contributed by atoms with Crippen LogP contribution in [0.4, 0.5) is 5.69 Å². The number of ether oxygens (including phenoxy) is 1. The molecule has 0 saturated carbocycles. The van der Waals surface area contributed by atoms with Crippen LogP contribution in [0.2, 0.25) is 0 Å². The van der Waals surface area contributed by atoms with Crippen molar-refractivity contribution in [2.45, 2.75) is 26.3 Å². The Morgan fingerprint density at radius 1 is 0.900 bits per heavy atom. The summed E-state index contributed by atoms with van der Waals surface area (Å²) in [4.78, 5) is 13.0. The van der Waals surface area contributed by atoms with Gasteiger partial charge >= 0.3 is 0 Å². The summed E-state index contributed by atoms with van der Waals surface area (Å²) in [6.45, 7) is 6.10. The fraction of sp³-hybridized carbons (Fsp3) is 0.250. The Hall–Kier alpha value is -4.56. The van der Waals surface area contributed by atoms with E-state index >= 15 is 0 Å². The quantitative estimate of drug-likeness (QED) is 0.152. The predicted octanol–water partition coefficient (Wildman–Crippen LogP) is 6.59. The molecule has 0 amide bonds. The van der Waals surface area contributed by atoms with Crippen molar-refractivity contribution >= 4 is 46.0 Å². The van der Waals surface area contributed by atoms with Crippen LogP contribution in [-0.4, -0.2) is 53.1 Å². The van der Waals surface area contributed by atoms with Gasteiger partial charge in [0, 0.05) is 59.3 Å². The Morgan fingerprint density at radius 3 is 2.40 bits per heavy atom. The number of nitro benzene ring substituents is 1. The number of para-hydroxylation sites is 1. The summed E-state index contributed by atoms with van der Waals surface area (Å²) >= 11 is 0. The normalized spacial score (nSPS) is 17.4. The van der Waals surface area contributed by atoms with E-state index in [0.717, 1.165) is 49.2 Å². The van der Waals surface area contributed by atoms with Crippen LogP contribution in [0.15, 0.2) is 93.8 Å². The third kappa shape index (κ3) is 5.05. The molecule has 0 N–H and O–H groups in total. The highest BCUT2D eigenvalue weighted by atomic mass is 16.6. The molecule has 6 rings (SSSR count). The zero-order valence-corrected chi connectivity index (χ0v) is 22.5. The molecule has 2 aliphatic rings. The second-order valence-corrected chi connectivity index (χ2v) is 10.0.